The third-order valence-corrected chi connectivity index (χ3v) is 6.29. The van der Waals surface area contributed by atoms with Gasteiger partial charge in [-0.3, -0.25) is 19.9 Å². The number of nitrogens with one attached hydrogen (secondary N) is 1. The lowest BCUT2D eigenvalue weighted by Gasteiger charge is -2.19. The third kappa shape index (κ3) is 6.72. The number of benzene rings is 2. The fourth-order valence-corrected chi connectivity index (χ4v) is 4.08. The van der Waals surface area contributed by atoms with Crippen LogP contribution in [0.15, 0.2) is 79.1 Å². The normalized spacial score (nSPS) is 12.2. The predicted molar refractivity (Wildman–Crippen MR) is 147 cm³/mol. The van der Waals surface area contributed by atoms with Crippen LogP contribution in [0.4, 0.5) is 0 Å². The second-order valence-electron chi connectivity index (χ2n) is 10.4. The first kappa shape index (κ1) is 26.8. The minimum atomic E-state index is -0.879. The zero-order valence-electron chi connectivity index (χ0n) is 21.9. The van der Waals surface area contributed by atoms with Crippen molar-refractivity contribution >= 4 is 11.8 Å². The maximum absolute atomic E-state index is 12.5. The van der Waals surface area contributed by atoms with Gasteiger partial charge in [-0.25, -0.2) is 4.68 Å². The van der Waals surface area contributed by atoms with Gasteiger partial charge in [-0.1, -0.05) is 45.0 Å². The van der Waals surface area contributed by atoms with Crippen molar-refractivity contribution in [3.8, 4) is 22.7 Å². The number of hydrogen-bond acceptors (Lipinski definition) is 6. The molecular formula is C30H33N5O3. The van der Waals surface area contributed by atoms with Crippen molar-refractivity contribution in [2.75, 3.05) is 0 Å². The van der Waals surface area contributed by atoms with Crippen LogP contribution in [0.2, 0.25) is 0 Å². The van der Waals surface area contributed by atoms with Crippen LogP contribution in [0.1, 0.15) is 44.0 Å². The van der Waals surface area contributed by atoms with Gasteiger partial charge in [0.25, 0.3) is 0 Å². The molecule has 8 nitrogen and oxygen atoms in total. The Balaban J connectivity index is 1.44. The third-order valence-electron chi connectivity index (χ3n) is 6.29. The molecule has 0 saturated carbocycles. The van der Waals surface area contributed by atoms with Gasteiger partial charge in [-0.15, -0.1) is 0 Å². The highest BCUT2D eigenvalue weighted by atomic mass is 16.3. The second kappa shape index (κ2) is 11.4. The van der Waals surface area contributed by atoms with Crippen molar-refractivity contribution in [3.63, 3.8) is 0 Å². The number of nitrogens with zero attached hydrogens (tertiary/aromatic N) is 3. The summed E-state index contributed by atoms with van der Waals surface area (Å²) >= 11 is 0. The molecule has 0 fully saturated rings. The van der Waals surface area contributed by atoms with E-state index in [2.05, 4.69) is 43.2 Å². The number of imide groups is 1. The van der Waals surface area contributed by atoms with E-state index in [9.17, 15) is 14.7 Å². The number of rotatable bonds is 8. The SMILES string of the molecule is CC(C)(C)c1ccc(-n2nc(CCC(=O)NC(=O)[C@@H](N)Cc3ccc(O)cc3)cc2-c2cccnc2)cc1. The summed E-state index contributed by atoms with van der Waals surface area (Å²) in [6, 6.07) is 19.6. The molecule has 0 saturated heterocycles. The quantitative estimate of drug-likeness (QED) is 0.328. The Morgan fingerprint density at radius 1 is 1.05 bits per heavy atom. The van der Waals surface area contributed by atoms with Gasteiger partial charge in [-0.05, 0) is 65.4 Å². The highest BCUT2D eigenvalue weighted by Gasteiger charge is 2.19. The van der Waals surface area contributed by atoms with Crippen molar-refractivity contribution in [3.05, 3.63) is 95.9 Å². The number of pyridine rings is 1. The van der Waals surface area contributed by atoms with Crippen LogP contribution >= 0.6 is 0 Å². The lowest BCUT2D eigenvalue weighted by Crippen LogP contribution is -2.44. The molecule has 38 heavy (non-hydrogen) atoms. The van der Waals surface area contributed by atoms with Gasteiger partial charge in [0.05, 0.1) is 23.1 Å². The summed E-state index contributed by atoms with van der Waals surface area (Å²) in [7, 11) is 0. The molecule has 2 aromatic carbocycles. The molecule has 2 amide bonds. The van der Waals surface area contributed by atoms with E-state index in [4.69, 9.17) is 10.8 Å². The molecule has 4 aromatic rings. The van der Waals surface area contributed by atoms with E-state index < -0.39 is 17.9 Å². The van der Waals surface area contributed by atoms with Crippen LogP contribution in [-0.4, -0.2) is 37.7 Å². The van der Waals surface area contributed by atoms with Crippen LogP contribution in [0.5, 0.6) is 5.75 Å². The summed E-state index contributed by atoms with van der Waals surface area (Å²) < 4.78 is 1.86. The Kier molecular flexibility index (Phi) is 8.02. The minimum Gasteiger partial charge on any atom is -0.508 e. The lowest BCUT2D eigenvalue weighted by molar-refractivity contribution is -0.131. The second-order valence-corrected chi connectivity index (χ2v) is 10.4. The van der Waals surface area contributed by atoms with Crippen molar-refractivity contribution < 1.29 is 14.7 Å². The van der Waals surface area contributed by atoms with Gasteiger partial charge in [-0.2, -0.15) is 5.10 Å². The molecule has 2 aromatic heterocycles. The molecule has 8 heteroatoms. The average molecular weight is 512 g/mol. The molecule has 0 aliphatic heterocycles. The molecule has 2 heterocycles. The van der Waals surface area contributed by atoms with E-state index in [0.717, 1.165) is 28.2 Å². The molecule has 0 aliphatic carbocycles. The first-order chi connectivity index (χ1) is 18.1. The van der Waals surface area contributed by atoms with Crippen molar-refractivity contribution in [1.29, 1.82) is 0 Å². The molecular weight excluding hydrogens is 478 g/mol. The van der Waals surface area contributed by atoms with Gasteiger partial charge in [0.2, 0.25) is 11.8 Å². The maximum Gasteiger partial charge on any atom is 0.243 e. The molecule has 0 aliphatic rings. The Labute approximate surface area is 222 Å². The van der Waals surface area contributed by atoms with Gasteiger partial charge in [0.15, 0.2) is 0 Å². The fourth-order valence-electron chi connectivity index (χ4n) is 4.08. The fraction of sp³-hybridized carbons (Fsp3) is 0.267. The summed E-state index contributed by atoms with van der Waals surface area (Å²) in [5, 5.41) is 16.6. The lowest BCUT2D eigenvalue weighted by atomic mass is 9.87. The number of aryl methyl sites for hydroxylation is 1. The number of amides is 2. The van der Waals surface area contributed by atoms with Gasteiger partial charge < -0.3 is 10.8 Å². The summed E-state index contributed by atoms with van der Waals surface area (Å²) in [5.74, 6) is -0.815. The number of carbonyl (C=O) groups is 2. The highest BCUT2D eigenvalue weighted by Crippen LogP contribution is 2.27. The Hall–Kier alpha value is -4.30. The number of phenolic OH excluding ortho intramolecular Hbond substituents is 1. The molecule has 0 radical (unpaired) electrons. The van der Waals surface area contributed by atoms with Crippen molar-refractivity contribution in [1.82, 2.24) is 20.1 Å². The Bertz CT molecular complexity index is 1390. The van der Waals surface area contributed by atoms with Crippen LogP contribution in [0.3, 0.4) is 0 Å². The molecule has 0 spiro atoms. The maximum atomic E-state index is 12.5. The van der Waals surface area contributed by atoms with Gasteiger partial charge in [0, 0.05) is 30.8 Å². The van der Waals surface area contributed by atoms with Gasteiger partial charge in [0.1, 0.15) is 5.75 Å². The van der Waals surface area contributed by atoms with Crippen LogP contribution in [0, 0.1) is 0 Å². The van der Waals surface area contributed by atoms with E-state index in [0.29, 0.717) is 6.42 Å². The molecule has 0 bridgehead atoms. The first-order valence-electron chi connectivity index (χ1n) is 12.6. The van der Waals surface area contributed by atoms with E-state index in [1.54, 1.807) is 24.5 Å². The first-order valence-corrected chi connectivity index (χ1v) is 12.6. The number of nitrogens with two attached hydrogens (primary N) is 1. The number of aromatic hydroxyl groups is 1. The smallest absolute Gasteiger partial charge is 0.243 e. The Morgan fingerprint density at radius 3 is 2.39 bits per heavy atom. The van der Waals surface area contributed by atoms with Crippen LogP contribution < -0.4 is 11.1 Å². The average Bonchev–Trinajstić information content (AvgIpc) is 3.33. The number of hydrogen-bond donors (Lipinski definition) is 3. The Morgan fingerprint density at radius 2 is 1.76 bits per heavy atom. The molecule has 4 rings (SSSR count). The topological polar surface area (TPSA) is 123 Å². The van der Waals surface area contributed by atoms with Crippen molar-refractivity contribution in [2.24, 2.45) is 5.73 Å². The van der Waals surface area contributed by atoms with E-state index >= 15 is 0 Å². The van der Waals surface area contributed by atoms with Crippen LogP contribution in [-0.2, 0) is 27.8 Å². The van der Waals surface area contributed by atoms with E-state index in [1.807, 2.05) is 35.0 Å². The zero-order chi connectivity index (χ0) is 27.3. The molecule has 4 N–H and O–H groups in total. The predicted octanol–water partition coefficient (Wildman–Crippen LogP) is 4.08. The number of carbonyl (C=O) groups excluding carboxylic acids is 2. The highest BCUT2D eigenvalue weighted by molar-refractivity contribution is 5.97. The summed E-state index contributed by atoms with van der Waals surface area (Å²) in [6.07, 6.45) is 4.20. The largest absolute Gasteiger partial charge is 0.508 e. The number of aromatic nitrogens is 3. The zero-order valence-corrected chi connectivity index (χ0v) is 21.9. The van der Waals surface area contributed by atoms with E-state index in [-0.39, 0.29) is 24.0 Å². The summed E-state index contributed by atoms with van der Waals surface area (Å²) in [5.41, 5.74) is 11.4. The van der Waals surface area contributed by atoms with Gasteiger partial charge >= 0.3 is 0 Å². The summed E-state index contributed by atoms with van der Waals surface area (Å²) in [6.45, 7) is 6.52. The monoisotopic (exact) mass is 511 g/mol. The number of phenols is 1. The van der Waals surface area contributed by atoms with E-state index in [1.165, 1.54) is 17.7 Å². The molecule has 0 unspecified atom stereocenters. The van der Waals surface area contributed by atoms with Crippen LogP contribution in [0.25, 0.3) is 16.9 Å². The summed E-state index contributed by atoms with van der Waals surface area (Å²) in [4.78, 5) is 29.2. The molecule has 1 atom stereocenters. The standard InChI is InChI=1S/C30H33N5O3/c1-30(2,3)22-8-11-24(12-9-22)35-27(21-5-4-16-32-19-21)18-23(34-35)10-15-28(37)33-29(38)26(31)17-20-6-13-25(36)14-7-20/h4-9,11-14,16,18-19,26,36H,10,15,17,31H2,1-3H3,(H,33,37,38)/t26-/m0/s1. The van der Waals surface area contributed by atoms with Crippen molar-refractivity contribution in [2.45, 2.75) is 51.5 Å². The molecule has 196 valence electrons. The minimum absolute atomic E-state index is 0.0391.